The Kier molecular flexibility index (Phi) is 10.4. The summed E-state index contributed by atoms with van der Waals surface area (Å²) in [5, 5.41) is 0. The normalized spacial score (nSPS) is 10.6. The lowest BCUT2D eigenvalue weighted by Gasteiger charge is -2.28. The Morgan fingerprint density at radius 1 is 0.838 bits per heavy atom. The summed E-state index contributed by atoms with van der Waals surface area (Å²) in [4.78, 5) is 32.8. The van der Waals surface area contributed by atoms with Crippen molar-refractivity contribution < 1.29 is 23.8 Å². The molecule has 3 rings (SSSR count). The Morgan fingerprint density at radius 2 is 1.57 bits per heavy atom. The number of hydrogen-bond acceptors (Lipinski definition) is 6. The molecule has 0 unspecified atom stereocenters. The van der Waals surface area contributed by atoms with Gasteiger partial charge in [-0.2, -0.15) is 0 Å². The molecular weight excluding hydrogens is 488 g/mol. The van der Waals surface area contributed by atoms with Crippen molar-refractivity contribution in [3.05, 3.63) is 75.5 Å². The summed E-state index contributed by atoms with van der Waals surface area (Å²) in [6.07, 6.45) is 1.38. The topological polar surface area (TPSA) is 68.3 Å². The van der Waals surface area contributed by atoms with E-state index in [9.17, 15) is 9.59 Å². The molecule has 1 aromatic heterocycles. The molecule has 2 amide bonds. The third kappa shape index (κ3) is 7.49. The minimum absolute atomic E-state index is 0.00100. The van der Waals surface area contributed by atoms with Crippen molar-refractivity contribution in [3.63, 3.8) is 0 Å². The molecule has 3 aromatic rings. The van der Waals surface area contributed by atoms with Crippen LogP contribution in [-0.2, 0) is 17.8 Å². The standard InChI is InChI=1S/C29H36N2O5S/c1-6-16-31(29(33)24-9-7-8-10-25(24)34-3)20-28(32)30(19-23-13-11-21(2)37-23)17-15-22-12-14-26(35-4)27(18-22)36-5/h7-14,18H,6,15-17,19-20H2,1-5H3. The number of aryl methyl sites for hydroxylation is 1. The van der Waals surface area contributed by atoms with Gasteiger partial charge in [-0.3, -0.25) is 9.59 Å². The van der Waals surface area contributed by atoms with Crippen LogP contribution in [-0.4, -0.2) is 62.6 Å². The van der Waals surface area contributed by atoms with Crippen molar-refractivity contribution in [1.29, 1.82) is 0 Å². The zero-order valence-electron chi connectivity index (χ0n) is 22.3. The van der Waals surface area contributed by atoms with Crippen molar-refractivity contribution in [3.8, 4) is 17.2 Å². The maximum Gasteiger partial charge on any atom is 0.258 e. The van der Waals surface area contributed by atoms with Crippen LogP contribution in [0.3, 0.4) is 0 Å². The number of benzene rings is 2. The highest BCUT2D eigenvalue weighted by molar-refractivity contribution is 7.11. The van der Waals surface area contributed by atoms with Crippen molar-refractivity contribution >= 4 is 23.2 Å². The van der Waals surface area contributed by atoms with E-state index in [1.54, 1.807) is 55.8 Å². The lowest BCUT2D eigenvalue weighted by Crippen LogP contribution is -2.43. The fraction of sp³-hybridized carbons (Fsp3) is 0.379. The highest BCUT2D eigenvalue weighted by atomic mass is 32.1. The van der Waals surface area contributed by atoms with Gasteiger partial charge in [0.1, 0.15) is 12.3 Å². The van der Waals surface area contributed by atoms with Gasteiger partial charge in [0.05, 0.1) is 33.4 Å². The lowest BCUT2D eigenvalue weighted by atomic mass is 10.1. The summed E-state index contributed by atoms with van der Waals surface area (Å²) in [7, 11) is 4.76. The second-order valence-corrected chi connectivity index (χ2v) is 10.1. The van der Waals surface area contributed by atoms with Crippen LogP contribution >= 0.6 is 11.3 Å². The Morgan fingerprint density at radius 3 is 2.22 bits per heavy atom. The minimum Gasteiger partial charge on any atom is -0.496 e. The van der Waals surface area contributed by atoms with Crippen LogP contribution in [0, 0.1) is 6.92 Å². The molecular formula is C29H36N2O5S. The molecule has 0 fully saturated rings. The number of amides is 2. The van der Waals surface area contributed by atoms with Gasteiger partial charge < -0.3 is 24.0 Å². The summed E-state index contributed by atoms with van der Waals surface area (Å²) >= 11 is 1.68. The molecule has 0 aliphatic carbocycles. The van der Waals surface area contributed by atoms with E-state index in [1.165, 1.54) is 4.88 Å². The van der Waals surface area contributed by atoms with Gasteiger partial charge in [-0.15, -0.1) is 11.3 Å². The predicted molar refractivity (Wildman–Crippen MR) is 147 cm³/mol. The van der Waals surface area contributed by atoms with Crippen LogP contribution in [0.25, 0.3) is 0 Å². The fourth-order valence-corrected chi connectivity index (χ4v) is 5.03. The summed E-state index contributed by atoms with van der Waals surface area (Å²) in [5.74, 6) is 1.52. The molecule has 37 heavy (non-hydrogen) atoms. The number of nitrogens with zero attached hydrogens (tertiary/aromatic N) is 2. The lowest BCUT2D eigenvalue weighted by molar-refractivity contribution is -0.132. The maximum absolute atomic E-state index is 13.6. The van der Waals surface area contributed by atoms with Gasteiger partial charge in [-0.05, 0) is 61.7 Å². The number of carbonyl (C=O) groups excluding carboxylic acids is 2. The second-order valence-electron chi connectivity index (χ2n) is 8.69. The SMILES string of the molecule is CCCN(CC(=O)N(CCc1ccc(OC)c(OC)c1)Cc1ccc(C)s1)C(=O)c1ccccc1OC. The number of para-hydroxylation sites is 1. The molecule has 1 heterocycles. The number of thiophene rings is 1. The molecule has 2 aromatic carbocycles. The molecule has 0 saturated heterocycles. The van der Waals surface area contributed by atoms with E-state index in [4.69, 9.17) is 14.2 Å². The smallest absolute Gasteiger partial charge is 0.258 e. The Bertz CT molecular complexity index is 1190. The first-order valence-electron chi connectivity index (χ1n) is 12.4. The van der Waals surface area contributed by atoms with Crippen LogP contribution in [0.5, 0.6) is 17.2 Å². The van der Waals surface area contributed by atoms with Gasteiger partial charge in [0.25, 0.3) is 5.91 Å². The molecule has 0 atom stereocenters. The molecule has 0 N–H and O–H groups in total. The van der Waals surface area contributed by atoms with Gasteiger partial charge >= 0.3 is 0 Å². The Hall–Kier alpha value is -3.52. The number of carbonyl (C=O) groups is 2. The van der Waals surface area contributed by atoms with Crippen molar-refractivity contribution in [2.24, 2.45) is 0 Å². The van der Waals surface area contributed by atoms with Gasteiger partial charge in [0.2, 0.25) is 5.91 Å². The van der Waals surface area contributed by atoms with Crippen LogP contribution in [0.4, 0.5) is 0 Å². The number of ether oxygens (including phenoxy) is 3. The minimum atomic E-state index is -0.209. The first-order valence-corrected chi connectivity index (χ1v) is 13.2. The van der Waals surface area contributed by atoms with Crippen molar-refractivity contribution in [2.75, 3.05) is 41.0 Å². The average molecular weight is 525 g/mol. The summed E-state index contributed by atoms with van der Waals surface area (Å²) in [5.41, 5.74) is 1.49. The van der Waals surface area contributed by atoms with Gasteiger partial charge in [-0.1, -0.05) is 25.1 Å². The van der Waals surface area contributed by atoms with Gasteiger partial charge in [-0.25, -0.2) is 0 Å². The molecule has 198 valence electrons. The van der Waals surface area contributed by atoms with E-state index in [0.29, 0.717) is 48.9 Å². The van der Waals surface area contributed by atoms with Crippen molar-refractivity contribution in [2.45, 2.75) is 33.2 Å². The van der Waals surface area contributed by atoms with Crippen LogP contribution in [0.2, 0.25) is 0 Å². The summed E-state index contributed by atoms with van der Waals surface area (Å²) in [6, 6.07) is 17.0. The molecule has 0 spiro atoms. The zero-order valence-corrected chi connectivity index (χ0v) is 23.1. The fourth-order valence-electron chi connectivity index (χ4n) is 4.13. The summed E-state index contributed by atoms with van der Waals surface area (Å²) < 4.78 is 16.2. The average Bonchev–Trinajstić information content (AvgIpc) is 3.34. The third-order valence-electron chi connectivity index (χ3n) is 6.06. The van der Waals surface area contributed by atoms with E-state index in [2.05, 4.69) is 19.1 Å². The predicted octanol–water partition coefficient (Wildman–Crippen LogP) is 5.21. The van der Waals surface area contributed by atoms with Crippen LogP contribution < -0.4 is 14.2 Å². The second kappa shape index (κ2) is 13.7. The monoisotopic (exact) mass is 524 g/mol. The first-order chi connectivity index (χ1) is 17.9. The molecule has 0 aliphatic rings. The highest BCUT2D eigenvalue weighted by Gasteiger charge is 2.24. The van der Waals surface area contributed by atoms with Crippen LogP contribution in [0.1, 0.15) is 39.0 Å². The van der Waals surface area contributed by atoms with Crippen molar-refractivity contribution in [1.82, 2.24) is 9.80 Å². The number of methoxy groups -OCH3 is 3. The van der Waals surface area contributed by atoms with E-state index < -0.39 is 0 Å². The Balaban J connectivity index is 1.80. The summed E-state index contributed by atoms with van der Waals surface area (Å²) in [6.45, 7) is 5.53. The third-order valence-corrected chi connectivity index (χ3v) is 7.04. The quantitative estimate of drug-likeness (QED) is 0.307. The Labute approximate surface area is 223 Å². The van der Waals surface area contributed by atoms with Gasteiger partial charge in [0, 0.05) is 22.8 Å². The molecule has 0 aliphatic heterocycles. The molecule has 0 bridgehead atoms. The molecule has 0 saturated carbocycles. The highest BCUT2D eigenvalue weighted by Crippen LogP contribution is 2.28. The molecule has 0 radical (unpaired) electrons. The number of rotatable bonds is 13. The van der Waals surface area contributed by atoms with Crippen LogP contribution in [0.15, 0.2) is 54.6 Å². The van der Waals surface area contributed by atoms with E-state index in [0.717, 1.165) is 16.9 Å². The largest absolute Gasteiger partial charge is 0.496 e. The van der Waals surface area contributed by atoms with E-state index in [-0.39, 0.29) is 18.4 Å². The van der Waals surface area contributed by atoms with E-state index >= 15 is 0 Å². The van der Waals surface area contributed by atoms with E-state index in [1.807, 2.05) is 36.1 Å². The zero-order chi connectivity index (χ0) is 26.8. The molecule has 8 heteroatoms. The molecule has 7 nitrogen and oxygen atoms in total. The number of hydrogen-bond donors (Lipinski definition) is 0. The van der Waals surface area contributed by atoms with Gasteiger partial charge in [0.15, 0.2) is 11.5 Å². The first kappa shape index (κ1) is 28.1. The maximum atomic E-state index is 13.6.